The number of aryl methyl sites for hydroxylation is 2. The third kappa shape index (κ3) is 2.55. The fourth-order valence-electron chi connectivity index (χ4n) is 1.39. The Morgan fingerprint density at radius 3 is 2.15 bits per heavy atom. The number of benzene rings is 1. The van der Waals surface area contributed by atoms with Crippen LogP contribution in [0.1, 0.15) is 23.6 Å². The average molecular weight is 173 g/mol. The molecule has 0 radical (unpaired) electrons. The van der Waals surface area contributed by atoms with Crippen LogP contribution in [0.5, 0.6) is 0 Å². The minimum atomic E-state index is 0.578. The molecule has 0 saturated heterocycles. The molecule has 0 aliphatic heterocycles. The molecule has 13 heavy (non-hydrogen) atoms. The van der Waals surface area contributed by atoms with Crippen LogP contribution in [0.3, 0.4) is 0 Å². The second-order valence-electron chi connectivity index (χ2n) is 3.29. The molecule has 1 N–H and O–H groups in total. The highest BCUT2D eigenvalue weighted by molar-refractivity contribution is 6.06. The van der Waals surface area contributed by atoms with Gasteiger partial charge in [-0.3, -0.25) is 0 Å². The SMILES string of the molecule is C/C=C\C(=N)c1cc(C)cc(C)c1. The van der Waals surface area contributed by atoms with Gasteiger partial charge in [0, 0.05) is 0 Å². The summed E-state index contributed by atoms with van der Waals surface area (Å²) in [4.78, 5) is 0. The van der Waals surface area contributed by atoms with Crippen LogP contribution in [0, 0.1) is 19.3 Å². The maximum Gasteiger partial charge on any atom is 0.0609 e. The Bertz CT molecular complexity index is 328. The summed E-state index contributed by atoms with van der Waals surface area (Å²) in [5, 5.41) is 7.74. The van der Waals surface area contributed by atoms with Crippen LogP contribution in [-0.4, -0.2) is 5.71 Å². The highest BCUT2D eigenvalue weighted by atomic mass is 14.4. The van der Waals surface area contributed by atoms with Crippen LogP contribution in [0.2, 0.25) is 0 Å². The van der Waals surface area contributed by atoms with Crippen molar-refractivity contribution < 1.29 is 0 Å². The minimum Gasteiger partial charge on any atom is -0.300 e. The molecule has 0 aliphatic rings. The maximum absolute atomic E-state index is 7.74. The van der Waals surface area contributed by atoms with Crippen molar-refractivity contribution in [3.05, 3.63) is 47.0 Å². The van der Waals surface area contributed by atoms with E-state index in [1.807, 2.05) is 31.2 Å². The Hall–Kier alpha value is -1.37. The van der Waals surface area contributed by atoms with Gasteiger partial charge < -0.3 is 5.41 Å². The maximum atomic E-state index is 7.74. The van der Waals surface area contributed by atoms with Crippen molar-refractivity contribution >= 4 is 5.71 Å². The van der Waals surface area contributed by atoms with E-state index in [1.165, 1.54) is 11.1 Å². The van der Waals surface area contributed by atoms with Crippen LogP contribution in [-0.2, 0) is 0 Å². The topological polar surface area (TPSA) is 23.9 Å². The van der Waals surface area contributed by atoms with Crippen molar-refractivity contribution in [2.45, 2.75) is 20.8 Å². The van der Waals surface area contributed by atoms with E-state index < -0.39 is 0 Å². The van der Waals surface area contributed by atoms with Crippen molar-refractivity contribution in [3.8, 4) is 0 Å². The van der Waals surface area contributed by atoms with E-state index in [9.17, 15) is 0 Å². The smallest absolute Gasteiger partial charge is 0.0609 e. The van der Waals surface area contributed by atoms with Gasteiger partial charge in [-0.15, -0.1) is 0 Å². The second kappa shape index (κ2) is 4.04. The van der Waals surface area contributed by atoms with Gasteiger partial charge in [0.1, 0.15) is 0 Å². The Balaban J connectivity index is 3.08. The molecule has 1 nitrogen and oxygen atoms in total. The number of nitrogens with one attached hydrogen (secondary N) is 1. The van der Waals surface area contributed by atoms with E-state index in [1.54, 1.807) is 0 Å². The number of hydrogen-bond donors (Lipinski definition) is 1. The summed E-state index contributed by atoms with van der Waals surface area (Å²) in [7, 11) is 0. The zero-order valence-corrected chi connectivity index (χ0v) is 8.39. The van der Waals surface area contributed by atoms with E-state index in [2.05, 4.69) is 19.9 Å². The zero-order valence-electron chi connectivity index (χ0n) is 8.39. The Kier molecular flexibility index (Phi) is 3.02. The van der Waals surface area contributed by atoms with E-state index >= 15 is 0 Å². The van der Waals surface area contributed by atoms with E-state index in [0.717, 1.165) is 5.56 Å². The average Bonchev–Trinajstić information content (AvgIpc) is 2.03. The van der Waals surface area contributed by atoms with Gasteiger partial charge in [-0.1, -0.05) is 23.3 Å². The lowest BCUT2D eigenvalue weighted by Gasteiger charge is -2.02. The Morgan fingerprint density at radius 1 is 1.15 bits per heavy atom. The van der Waals surface area contributed by atoms with Crippen molar-refractivity contribution in [3.63, 3.8) is 0 Å². The van der Waals surface area contributed by atoms with E-state index in [0.29, 0.717) is 5.71 Å². The van der Waals surface area contributed by atoms with Crippen LogP contribution in [0.25, 0.3) is 0 Å². The summed E-state index contributed by atoms with van der Waals surface area (Å²) in [5.74, 6) is 0. The summed E-state index contributed by atoms with van der Waals surface area (Å²) >= 11 is 0. The predicted octanol–water partition coefficient (Wildman–Crippen LogP) is 3.25. The summed E-state index contributed by atoms with van der Waals surface area (Å²) in [6.07, 6.45) is 3.70. The molecule has 0 saturated carbocycles. The summed E-state index contributed by atoms with van der Waals surface area (Å²) in [6.45, 7) is 6.04. The molecule has 0 amide bonds. The van der Waals surface area contributed by atoms with Gasteiger partial charge in [0.2, 0.25) is 0 Å². The third-order valence-electron chi connectivity index (χ3n) is 1.87. The number of rotatable bonds is 2. The molecule has 1 aromatic carbocycles. The molecule has 0 unspecified atom stereocenters. The van der Waals surface area contributed by atoms with Gasteiger partial charge in [-0.2, -0.15) is 0 Å². The fourth-order valence-corrected chi connectivity index (χ4v) is 1.39. The predicted molar refractivity (Wildman–Crippen MR) is 57.6 cm³/mol. The first-order valence-corrected chi connectivity index (χ1v) is 4.43. The summed E-state index contributed by atoms with van der Waals surface area (Å²) in [6, 6.07) is 6.19. The first-order valence-electron chi connectivity index (χ1n) is 4.43. The Labute approximate surface area is 79.6 Å². The molecular weight excluding hydrogens is 158 g/mol. The van der Waals surface area contributed by atoms with E-state index in [4.69, 9.17) is 5.41 Å². The largest absolute Gasteiger partial charge is 0.300 e. The molecule has 0 aliphatic carbocycles. The van der Waals surface area contributed by atoms with Gasteiger partial charge in [0.05, 0.1) is 5.71 Å². The molecule has 0 aromatic heterocycles. The highest BCUT2D eigenvalue weighted by Crippen LogP contribution is 2.09. The van der Waals surface area contributed by atoms with Crippen molar-refractivity contribution in [2.24, 2.45) is 0 Å². The summed E-state index contributed by atoms with van der Waals surface area (Å²) < 4.78 is 0. The molecule has 0 fully saturated rings. The normalized spacial score (nSPS) is 10.7. The van der Waals surface area contributed by atoms with Crippen LogP contribution < -0.4 is 0 Å². The first kappa shape index (κ1) is 9.72. The lowest BCUT2D eigenvalue weighted by atomic mass is 10.0. The van der Waals surface area contributed by atoms with Crippen molar-refractivity contribution in [1.82, 2.24) is 0 Å². The molecule has 0 atom stereocenters. The molecule has 0 heterocycles. The lowest BCUT2D eigenvalue weighted by molar-refractivity contribution is 1.36. The zero-order chi connectivity index (χ0) is 9.84. The third-order valence-corrected chi connectivity index (χ3v) is 1.87. The van der Waals surface area contributed by atoms with Gasteiger partial charge in [-0.05, 0) is 44.5 Å². The summed E-state index contributed by atoms with van der Waals surface area (Å²) in [5.41, 5.74) is 4.00. The van der Waals surface area contributed by atoms with Gasteiger partial charge in [-0.25, -0.2) is 0 Å². The van der Waals surface area contributed by atoms with Crippen LogP contribution in [0.15, 0.2) is 30.4 Å². The molecule has 1 heteroatoms. The van der Waals surface area contributed by atoms with Gasteiger partial charge >= 0.3 is 0 Å². The molecule has 0 spiro atoms. The van der Waals surface area contributed by atoms with Crippen LogP contribution in [0.4, 0.5) is 0 Å². The quantitative estimate of drug-likeness (QED) is 0.664. The van der Waals surface area contributed by atoms with Gasteiger partial charge in [0.15, 0.2) is 0 Å². The van der Waals surface area contributed by atoms with E-state index in [-0.39, 0.29) is 0 Å². The first-order chi connectivity index (χ1) is 6.13. The molecule has 0 bridgehead atoms. The van der Waals surface area contributed by atoms with Crippen LogP contribution >= 0.6 is 0 Å². The minimum absolute atomic E-state index is 0.578. The molecule has 68 valence electrons. The standard InChI is InChI=1S/C12H15N/c1-4-5-12(13)11-7-9(2)6-10(3)8-11/h4-8,13H,1-3H3/b5-4-,13-12?. The highest BCUT2D eigenvalue weighted by Gasteiger charge is 1.98. The fraction of sp³-hybridized carbons (Fsp3) is 0.250. The van der Waals surface area contributed by atoms with Crippen molar-refractivity contribution in [1.29, 1.82) is 5.41 Å². The second-order valence-corrected chi connectivity index (χ2v) is 3.29. The Morgan fingerprint density at radius 2 is 1.69 bits per heavy atom. The molecular formula is C12H15N. The van der Waals surface area contributed by atoms with Crippen molar-refractivity contribution in [2.75, 3.05) is 0 Å². The van der Waals surface area contributed by atoms with Gasteiger partial charge in [0.25, 0.3) is 0 Å². The number of hydrogen-bond acceptors (Lipinski definition) is 1. The number of allylic oxidation sites excluding steroid dienone is 2. The molecule has 1 aromatic rings. The molecule has 1 rings (SSSR count). The monoisotopic (exact) mass is 173 g/mol. The lowest BCUT2D eigenvalue weighted by Crippen LogP contribution is -1.95.